The Labute approximate surface area is 119 Å². The summed E-state index contributed by atoms with van der Waals surface area (Å²) in [5.41, 5.74) is 11.2. The highest BCUT2D eigenvalue weighted by Gasteiger charge is 2.10. The van der Waals surface area contributed by atoms with Crippen LogP contribution in [0.1, 0.15) is 34.0 Å². The Morgan fingerprint density at radius 3 is 2.15 bits per heavy atom. The molecule has 0 aromatic heterocycles. The minimum Gasteiger partial charge on any atom is -0.399 e. The number of amides is 1. The molecule has 0 radical (unpaired) electrons. The van der Waals surface area contributed by atoms with E-state index in [1.54, 1.807) is 0 Å². The van der Waals surface area contributed by atoms with Gasteiger partial charge >= 0.3 is 0 Å². The van der Waals surface area contributed by atoms with Gasteiger partial charge in [0.1, 0.15) is 0 Å². The van der Waals surface area contributed by atoms with E-state index in [0.29, 0.717) is 11.3 Å². The molecule has 3 heteroatoms. The number of rotatable bonds is 3. The van der Waals surface area contributed by atoms with Crippen LogP contribution in [-0.2, 0) is 6.42 Å². The Bertz CT molecular complexity index is 607. The van der Waals surface area contributed by atoms with Crippen LogP contribution in [0.15, 0.2) is 36.4 Å². The van der Waals surface area contributed by atoms with E-state index in [2.05, 4.69) is 12.2 Å². The van der Waals surface area contributed by atoms with Crippen molar-refractivity contribution in [3.8, 4) is 0 Å². The number of aryl methyl sites for hydroxylation is 3. The SMILES string of the molecule is CCc1ccc(C(=O)Nc2c(C)cc(N)cc2C)cc1. The van der Waals surface area contributed by atoms with Gasteiger partial charge in [0.15, 0.2) is 0 Å². The number of nitrogens with one attached hydrogen (secondary N) is 1. The minimum absolute atomic E-state index is 0.0939. The highest BCUT2D eigenvalue weighted by molar-refractivity contribution is 6.05. The van der Waals surface area contributed by atoms with E-state index in [4.69, 9.17) is 5.73 Å². The van der Waals surface area contributed by atoms with Crippen LogP contribution in [0.4, 0.5) is 11.4 Å². The lowest BCUT2D eigenvalue weighted by Gasteiger charge is -2.13. The minimum atomic E-state index is -0.0939. The zero-order valence-corrected chi connectivity index (χ0v) is 12.2. The first-order chi connectivity index (χ1) is 9.51. The van der Waals surface area contributed by atoms with Crippen LogP contribution in [0.2, 0.25) is 0 Å². The van der Waals surface area contributed by atoms with Crippen LogP contribution in [0.25, 0.3) is 0 Å². The Morgan fingerprint density at radius 2 is 1.65 bits per heavy atom. The fraction of sp³-hybridized carbons (Fsp3) is 0.235. The molecule has 0 bridgehead atoms. The second-order valence-electron chi connectivity index (χ2n) is 5.03. The molecule has 0 aliphatic rings. The molecule has 20 heavy (non-hydrogen) atoms. The third-order valence-corrected chi connectivity index (χ3v) is 3.42. The second kappa shape index (κ2) is 5.78. The molecular formula is C17H20N2O. The maximum atomic E-state index is 12.3. The van der Waals surface area contributed by atoms with Crippen LogP contribution in [0.5, 0.6) is 0 Å². The summed E-state index contributed by atoms with van der Waals surface area (Å²) in [7, 11) is 0. The third-order valence-electron chi connectivity index (χ3n) is 3.42. The van der Waals surface area contributed by atoms with Crippen LogP contribution in [0.3, 0.4) is 0 Å². The highest BCUT2D eigenvalue weighted by atomic mass is 16.1. The molecule has 0 unspecified atom stereocenters. The first-order valence-electron chi connectivity index (χ1n) is 6.78. The molecule has 2 rings (SSSR count). The van der Waals surface area contributed by atoms with Crippen molar-refractivity contribution in [3.05, 3.63) is 58.7 Å². The first-order valence-corrected chi connectivity index (χ1v) is 6.78. The van der Waals surface area contributed by atoms with Crippen LogP contribution < -0.4 is 11.1 Å². The van der Waals surface area contributed by atoms with Crippen molar-refractivity contribution >= 4 is 17.3 Å². The normalized spacial score (nSPS) is 10.3. The van der Waals surface area contributed by atoms with E-state index >= 15 is 0 Å². The van der Waals surface area contributed by atoms with Crippen LogP contribution in [0, 0.1) is 13.8 Å². The number of anilines is 2. The number of carbonyl (C=O) groups is 1. The lowest BCUT2D eigenvalue weighted by molar-refractivity contribution is 0.102. The summed E-state index contributed by atoms with van der Waals surface area (Å²) in [5.74, 6) is -0.0939. The van der Waals surface area contributed by atoms with Crippen molar-refractivity contribution < 1.29 is 4.79 Å². The van der Waals surface area contributed by atoms with E-state index in [1.807, 2.05) is 50.2 Å². The van der Waals surface area contributed by atoms with Crippen molar-refractivity contribution in [2.45, 2.75) is 27.2 Å². The fourth-order valence-corrected chi connectivity index (χ4v) is 2.27. The lowest BCUT2D eigenvalue weighted by atomic mass is 10.1. The summed E-state index contributed by atoms with van der Waals surface area (Å²) in [4.78, 5) is 12.3. The smallest absolute Gasteiger partial charge is 0.255 e. The molecule has 0 saturated heterocycles. The number of hydrogen-bond acceptors (Lipinski definition) is 2. The summed E-state index contributed by atoms with van der Waals surface area (Å²) < 4.78 is 0. The van der Waals surface area contributed by atoms with Crippen LogP contribution in [-0.4, -0.2) is 5.91 Å². The van der Waals surface area contributed by atoms with E-state index in [-0.39, 0.29) is 5.91 Å². The second-order valence-corrected chi connectivity index (χ2v) is 5.03. The average molecular weight is 268 g/mol. The van der Waals surface area contributed by atoms with Gasteiger partial charge in [-0.3, -0.25) is 4.79 Å². The van der Waals surface area contributed by atoms with Gasteiger partial charge in [0.2, 0.25) is 0 Å². The highest BCUT2D eigenvalue weighted by Crippen LogP contribution is 2.24. The van der Waals surface area contributed by atoms with Crippen molar-refractivity contribution in [3.63, 3.8) is 0 Å². The Morgan fingerprint density at radius 1 is 1.10 bits per heavy atom. The van der Waals surface area contributed by atoms with Crippen LogP contribution >= 0.6 is 0 Å². The summed E-state index contributed by atoms with van der Waals surface area (Å²) in [6.07, 6.45) is 0.970. The quantitative estimate of drug-likeness (QED) is 0.834. The Hall–Kier alpha value is -2.29. The Kier molecular flexibility index (Phi) is 4.08. The summed E-state index contributed by atoms with van der Waals surface area (Å²) >= 11 is 0. The molecule has 0 atom stereocenters. The first kappa shape index (κ1) is 14.1. The number of hydrogen-bond donors (Lipinski definition) is 2. The van der Waals surface area contributed by atoms with E-state index in [9.17, 15) is 4.79 Å². The molecule has 3 N–H and O–H groups in total. The monoisotopic (exact) mass is 268 g/mol. The fourth-order valence-electron chi connectivity index (χ4n) is 2.27. The van der Waals surface area contributed by atoms with Crippen molar-refractivity contribution in [1.29, 1.82) is 0 Å². The molecule has 3 nitrogen and oxygen atoms in total. The number of carbonyl (C=O) groups excluding carboxylic acids is 1. The molecule has 0 aliphatic heterocycles. The standard InChI is InChI=1S/C17H20N2O/c1-4-13-5-7-14(8-6-13)17(20)19-16-11(2)9-15(18)10-12(16)3/h5-10H,4,18H2,1-3H3,(H,19,20). The third kappa shape index (κ3) is 2.99. The number of nitrogens with two attached hydrogens (primary N) is 1. The van der Waals surface area contributed by atoms with E-state index in [0.717, 1.165) is 23.2 Å². The average Bonchev–Trinajstić information content (AvgIpc) is 2.42. The summed E-state index contributed by atoms with van der Waals surface area (Å²) in [6, 6.07) is 11.4. The predicted octanol–water partition coefficient (Wildman–Crippen LogP) is 3.70. The molecule has 104 valence electrons. The summed E-state index contributed by atoms with van der Waals surface area (Å²) in [6.45, 7) is 5.98. The van der Waals surface area contributed by atoms with Crippen molar-refractivity contribution in [2.24, 2.45) is 0 Å². The molecule has 0 saturated carbocycles. The molecule has 2 aromatic rings. The van der Waals surface area contributed by atoms with Gasteiger partial charge < -0.3 is 11.1 Å². The number of benzene rings is 2. The lowest BCUT2D eigenvalue weighted by Crippen LogP contribution is -2.14. The van der Waals surface area contributed by atoms with Gasteiger partial charge in [0.25, 0.3) is 5.91 Å². The van der Waals surface area contributed by atoms with Crippen molar-refractivity contribution in [2.75, 3.05) is 11.1 Å². The zero-order valence-electron chi connectivity index (χ0n) is 12.2. The van der Waals surface area contributed by atoms with Gasteiger partial charge in [-0.15, -0.1) is 0 Å². The van der Waals surface area contributed by atoms with Gasteiger partial charge in [-0.25, -0.2) is 0 Å². The topological polar surface area (TPSA) is 55.1 Å². The van der Waals surface area contributed by atoms with Crippen molar-refractivity contribution in [1.82, 2.24) is 0 Å². The van der Waals surface area contributed by atoms with Gasteiger partial charge in [0.05, 0.1) is 0 Å². The van der Waals surface area contributed by atoms with Gasteiger partial charge in [-0.2, -0.15) is 0 Å². The molecule has 0 heterocycles. The molecule has 0 spiro atoms. The molecule has 1 amide bonds. The maximum Gasteiger partial charge on any atom is 0.255 e. The molecular weight excluding hydrogens is 248 g/mol. The largest absolute Gasteiger partial charge is 0.399 e. The number of nitrogen functional groups attached to an aromatic ring is 1. The Balaban J connectivity index is 2.23. The molecule has 0 fully saturated rings. The molecule has 0 aliphatic carbocycles. The van der Waals surface area contributed by atoms with Gasteiger partial charge in [-0.05, 0) is 61.2 Å². The van der Waals surface area contributed by atoms with Gasteiger partial charge in [-0.1, -0.05) is 19.1 Å². The van der Waals surface area contributed by atoms with Gasteiger partial charge in [0, 0.05) is 16.9 Å². The maximum absolute atomic E-state index is 12.3. The summed E-state index contributed by atoms with van der Waals surface area (Å²) in [5, 5.41) is 2.96. The van der Waals surface area contributed by atoms with E-state index < -0.39 is 0 Å². The van der Waals surface area contributed by atoms with E-state index in [1.165, 1.54) is 5.56 Å². The predicted molar refractivity (Wildman–Crippen MR) is 84.1 cm³/mol. The molecule has 2 aromatic carbocycles. The zero-order chi connectivity index (χ0) is 14.7.